The lowest BCUT2D eigenvalue weighted by Crippen LogP contribution is -1.88. The van der Waals surface area contributed by atoms with Crippen LogP contribution < -0.4 is 0 Å². The topological polar surface area (TPSA) is 13.1 Å². The zero-order chi connectivity index (χ0) is 28.2. The third-order valence-electron chi connectivity index (χ3n) is 5.96. The lowest BCUT2D eigenvalue weighted by molar-refractivity contribution is 0.669. The summed E-state index contributed by atoms with van der Waals surface area (Å²) in [6, 6.07) is 14.4. The maximum Gasteiger partial charge on any atom is 0.136 e. The van der Waals surface area contributed by atoms with Gasteiger partial charge >= 0.3 is 0 Å². The number of benzene rings is 6. The number of furan rings is 1. The first-order valence-corrected chi connectivity index (χ1v) is 10.9. The minimum absolute atomic E-state index is 0.162. The van der Waals surface area contributed by atoms with Gasteiger partial charge in [0.25, 0.3) is 0 Å². The molecule has 0 atom stereocenters. The Kier molecular flexibility index (Phi) is 2.48. The molecule has 0 fully saturated rings. The minimum atomic E-state index is -0.419. The van der Waals surface area contributed by atoms with Crippen molar-refractivity contribution in [2.45, 2.75) is 0 Å². The van der Waals surface area contributed by atoms with Crippen LogP contribution in [-0.4, -0.2) is 0 Å². The van der Waals surface area contributed by atoms with Gasteiger partial charge in [0.15, 0.2) is 0 Å². The molecule has 150 valence electrons. The van der Waals surface area contributed by atoms with E-state index in [1.807, 2.05) is 54.6 Å². The average Bonchev–Trinajstić information content (AvgIpc) is 3.35. The summed E-state index contributed by atoms with van der Waals surface area (Å²) >= 11 is 3.46. The van der Waals surface area contributed by atoms with E-state index < -0.39 is 24.2 Å². The smallest absolute Gasteiger partial charge is 0.136 e. The van der Waals surface area contributed by atoms with Crippen LogP contribution in [0.15, 0.2) is 112 Å². The van der Waals surface area contributed by atoms with Crippen molar-refractivity contribution in [3.05, 3.63) is 107 Å². The van der Waals surface area contributed by atoms with Crippen molar-refractivity contribution >= 4 is 70.2 Å². The summed E-state index contributed by atoms with van der Waals surface area (Å²) in [6.45, 7) is 0. The molecule has 7 aromatic rings. The van der Waals surface area contributed by atoms with Gasteiger partial charge in [-0.1, -0.05) is 84.7 Å². The van der Waals surface area contributed by atoms with Crippen LogP contribution in [0.2, 0.25) is 0 Å². The first-order valence-electron chi connectivity index (χ1n) is 14.1. The molecule has 1 nitrogen and oxygen atoms in total. The van der Waals surface area contributed by atoms with Gasteiger partial charge in [-0.05, 0) is 77.6 Å². The number of rotatable bonds is 1. The van der Waals surface area contributed by atoms with Crippen LogP contribution in [0.4, 0.5) is 0 Å². The molecule has 0 amide bonds. The SMILES string of the molecule is [2H]c1c([2H])c([2H])c2c(-c3ccc4c(ccc5oc6ccccc6c54)c3)c3c([2H])c([2H])c([2H])c([2H])c3c(Br)c2c1[2H]. The van der Waals surface area contributed by atoms with Gasteiger partial charge in [0, 0.05) is 15.2 Å². The third kappa shape index (κ3) is 2.44. The maximum atomic E-state index is 8.83. The zero-order valence-corrected chi connectivity index (χ0v) is 18.1. The lowest BCUT2D eigenvalue weighted by atomic mass is 9.90. The Balaban J connectivity index is 1.71. The van der Waals surface area contributed by atoms with Crippen LogP contribution in [0.1, 0.15) is 11.0 Å². The summed E-state index contributed by atoms with van der Waals surface area (Å²) in [6.07, 6.45) is 0. The van der Waals surface area contributed by atoms with Crippen LogP contribution in [0.5, 0.6) is 0 Å². The molecule has 0 aliphatic heterocycles. The summed E-state index contributed by atoms with van der Waals surface area (Å²) in [4.78, 5) is 0. The molecule has 0 radical (unpaired) electrons. The summed E-state index contributed by atoms with van der Waals surface area (Å²) in [5, 5.41) is 4.40. The molecule has 0 spiro atoms. The average molecular weight is 481 g/mol. The normalized spacial score (nSPS) is 15.4. The van der Waals surface area contributed by atoms with Gasteiger partial charge in [-0.2, -0.15) is 0 Å². The minimum Gasteiger partial charge on any atom is -0.456 e. The van der Waals surface area contributed by atoms with Crippen LogP contribution in [0.3, 0.4) is 0 Å². The number of halogens is 1. The van der Waals surface area contributed by atoms with Gasteiger partial charge in [0.1, 0.15) is 11.2 Å². The molecular weight excluding hydrogens is 456 g/mol. The molecule has 0 aliphatic carbocycles. The molecule has 0 bridgehead atoms. The standard InChI is InChI=1S/C30H17BrO/c31-30-23-9-3-1-7-21(23)28(22-8-2-4-10-24(22)30)19-13-15-20-18(17-19)14-16-27-29(20)25-11-5-6-12-26(25)32-27/h1-17H/i1D,2D,3D,4D,7D,8D,9D,10D. The van der Waals surface area contributed by atoms with E-state index in [1.165, 1.54) is 0 Å². The van der Waals surface area contributed by atoms with Crippen LogP contribution >= 0.6 is 15.9 Å². The summed E-state index contributed by atoms with van der Waals surface area (Å²) in [5.74, 6) is 0. The summed E-state index contributed by atoms with van der Waals surface area (Å²) in [5.41, 5.74) is 2.40. The van der Waals surface area contributed by atoms with Crippen molar-refractivity contribution in [1.29, 1.82) is 0 Å². The number of para-hydroxylation sites is 1. The van der Waals surface area contributed by atoms with Crippen LogP contribution in [-0.2, 0) is 0 Å². The Labute approximate surface area is 204 Å². The molecule has 1 heterocycles. The van der Waals surface area contributed by atoms with Gasteiger partial charge in [-0.3, -0.25) is 0 Å². The molecule has 0 saturated heterocycles. The van der Waals surface area contributed by atoms with E-state index in [0.29, 0.717) is 11.1 Å². The quantitative estimate of drug-likeness (QED) is 0.213. The van der Waals surface area contributed by atoms with Crippen molar-refractivity contribution in [3.63, 3.8) is 0 Å². The Morgan fingerprint density at radius 2 is 1.31 bits per heavy atom. The summed E-state index contributed by atoms with van der Waals surface area (Å²) < 4.78 is 74.6. The van der Waals surface area contributed by atoms with Crippen molar-refractivity contribution in [1.82, 2.24) is 0 Å². The highest BCUT2D eigenvalue weighted by molar-refractivity contribution is 9.10. The predicted octanol–water partition coefficient (Wildman–Crippen LogP) is 9.48. The highest BCUT2D eigenvalue weighted by Crippen LogP contribution is 2.43. The van der Waals surface area contributed by atoms with Crippen molar-refractivity contribution in [2.75, 3.05) is 0 Å². The highest BCUT2D eigenvalue weighted by atomic mass is 79.9. The van der Waals surface area contributed by atoms with Gasteiger partial charge < -0.3 is 4.42 Å². The Morgan fingerprint density at radius 3 is 2.06 bits per heavy atom. The Hall–Kier alpha value is -3.62. The largest absolute Gasteiger partial charge is 0.456 e. The van der Waals surface area contributed by atoms with Crippen LogP contribution in [0, 0.1) is 0 Å². The molecule has 0 saturated carbocycles. The summed E-state index contributed by atoms with van der Waals surface area (Å²) in [7, 11) is 0. The molecule has 7 rings (SSSR count). The fourth-order valence-corrected chi connectivity index (χ4v) is 5.17. The fourth-order valence-electron chi connectivity index (χ4n) is 4.58. The lowest BCUT2D eigenvalue weighted by Gasteiger charge is -2.15. The third-order valence-corrected chi connectivity index (χ3v) is 6.75. The Morgan fingerprint density at radius 1 is 0.625 bits per heavy atom. The van der Waals surface area contributed by atoms with E-state index in [-0.39, 0.29) is 50.2 Å². The second-order valence-electron chi connectivity index (χ2n) is 7.66. The highest BCUT2D eigenvalue weighted by Gasteiger charge is 2.15. The molecule has 6 aromatic carbocycles. The second-order valence-corrected chi connectivity index (χ2v) is 8.45. The predicted molar refractivity (Wildman–Crippen MR) is 139 cm³/mol. The van der Waals surface area contributed by atoms with Crippen molar-refractivity contribution < 1.29 is 15.4 Å². The van der Waals surface area contributed by atoms with Crippen molar-refractivity contribution in [3.8, 4) is 11.1 Å². The fraction of sp³-hybridized carbons (Fsp3) is 0. The first-order chi connectivity index (χ1) is 19.1. The van der Waals surface area contributed by atoms with Gasteiger partial charge in [0.05, 0.1) is 11.0 Å². The molecular formula is C30H17BrO. The first kappa shape index (κ1) is 11.8. The number of hydrogen-bond donors (Lipinski definition) is 0. The Bertz CT molecular complexity index is 2190. The number of hydrogen-bond acceptors (Lipinski definition) is 1. The van der Waals surface area contributed by atoms with Gasteiger partial charge in [0.2, 0.25) is 0 Å². The van der Waals surface area contributed by atoms with Gasteiger partial charge in [-0.15, -0.1) is 0 Å². The van der Waals surface area contributed by atoms with E-state index in [1.54, 1.807) is 0 Å². The van der Waals surface area contributed by atoms with E-state index in [9.17, 15) is 0 Å². The van der Waals surface area contributed by atoms with Gasteiger partial charge in [-0.25, -0.2) is 0 Å². The van der Waals surface area contributed by atoms with E-state index >= 15 is 0 Å². The monoisotopic (exact) mass is 480 g/mol. The molecule has 0 aliphatic rings. The second kappa shape index (κ2) is 6.69. The van der Waals surface area contributed by atoms with E-state index in [4.69, 9.17) is 15.4 Å². The van der Waals surface area contributed by atoms with Crippen molar-refractivity contribution in [2.24, 2.45) is 0 Å². The molecule has 1 aromatic heterocycles. The van der Waals surface area contributed by atoms with E-state index in [2.05, 4.69) is 15.9 Å². The zero-order valence-electron chi connectivity index (χ0n) is 24.5. The van der Waals surface area contributed by atoms with E-state index in [0.717, 1.165) is 32.7 Å². The molecule has 32 heavy (non-hydrogen) atoms. The molecule has 0 N–H and O–H groups in total. The molecule has 2 heteroatoms. The maximum absolute atomic E-state index is 8.83. The molecule has 0 unspecified atom stereocenters. The number of fused-ring (bicyclic) bond motifs is 7. The van der Waals surface area contributed by atoms with Crippen LogP contribution in [0.25, 0.3) is 65.4 Å².